The minimum absolute atomic E-state index is 0.623. The molecular formula is C45H25N5O. The number of hydrogen-bond donors (Lipinski definition) is 0. The lowest BCUT2D eigenvalue weighted by Gasteiger charge is -2.12. The van der Waals surface area contributed by atoms with Gasteiger partial charge in [-0.15, -0.1) is 0 Å². The Bertz CT molecular complexity index is 3320. The molecule has 0 aliphatic rings. The molecule has 0 fully saturated rings. The lowest BCUT2D eigenvalue weighted by molar-refractivity contribution is 0.623. The molecule has 0 saturated carbocycles. The van der Waals surface area contributed by atoms with Gasteiger partial charge in [0.25, 0.3) is 0 Å². The fourth-order valence-corrected chi connectivity index (χ4v) is 8.29. The quantitative estimate of drug-likeness (QED) is 0.191. The van der Waals surface area contributed by atoms with Gasteiger partial charge in [0.15, 0.2) is 11.4 Å². The van der Waals surface area contributed by atoms with Gasteiger partial charge in [0, 0.05) is 43.4 Å². The summed E-state index contributed by atoms with van der Waals surface area (Å²) in [6.07, 6.45) is 0. The highest BCUT2D eigenvalue weighted by atomic mass is 16.3. The molecule has 5 heterocycles. The largest absolute Gasteiger partial charge is 0.435 e. The van der Waals surface area contributed by atoms with Crippen molar-refractivity contribution in [2.75, 3.05) is 0 Å². The van der Waals surface area contributed by atoms with Crippen molar-refractivity contribution in [2.24, 2.45) is 0 Å². The summed E-state index contributed by atoms with van der Waals surface area (Å²) >= 11 is 0. The molecule has 0 atom stereocenters. The normalized spacial score (nSPS) is 12.3. The Morgan fingerprint density at radius 3 is 1.86 bits per heavy atom. The number of hydrogen-bond acceptors (Lipinski definition) is 4. The molecule has 0 amide bonds. The van der Waals surface area contributed by atoms with E-state index >= 15 is 0 Å². The second-order valence-corrected chi connectivity index (χ2v) is 13.2. The Balaban J connectivity index is 1.15. The molecule has 12 aromatic rings. The first-order valence-electron chi connectivity index (χ1n) is 17.1. The van der Waals surface area contributed by atoms with Crippen LogP contribution in [0.2, 0.25) is 0 Å². The van der Waals surface area contributed by atoms with Gasteiger partial charge in [0.2, 0.25) is 5.89 Å². The Morgan fingerprint density at radius 2 is 1.08 bits per heavy atom. The Hall–Kier alpha value is -7.05. The van der Waals surface area contributed by atoms with E-state index < -0.39 is 0 Å². The number of aromatic nitrogens is 5. The van der Waals surface area contributed by atoms with Crippen molar-refractivity contribution in [3.8, 4) is 28.7 Å². The fourth-order valence-electron chi connectivity index (χ4n) is 8.29. The second-order valence-electron chi connectivity index (χ2n) is 13.2. The summed E-state index contributed by atoms with van der Waals surface area (Å²) < 4.78 is 11.2. The third kappa shape index (κ3) is 3.57. The van der Waals surface area contributed by atoms with Gasteiger partial charge in [0.05, 0.1) is 38.5 Å². The van der Waals surface area contributed by atoms with Crippen molar-refractivity contribution in [2.45, 2.75) is 0 Å². The summed E-state index contributed by atoms with van der Waals surface area (Å²) in [6.45, 7) is 0. The standard InChI is InChI=1S/C45H25N5O/c1-2-12-26(13-3-1)45-47-35-25-33-32-24-27(22-23-39(32)49-38-21-11-7-17-31(38)40(41(33)49)42(35)51-45)43-46-34-18-8-4-16-30(34)44(48-43)50-36-19-9-5-14-28(36)29-15-6-10-20-37(29)50/h1-25H. The van der Waals surface area contributed by atoms with E-state index in [-0.39, 0.29) is 0 Å². The van der Waals surface area contributed by atoms with Crippen LogP contribution in [0.5, 0.6) is 0 Å². The van der Waals surface area contributed by atoms with Gasteiger partial charge in [0.1, 0.15) is 11.3 Å². The van der Waals surface area contributed by atoms with Gasteiger partial charge < -0.3 is 8.82 Å². The van der Waals surface area contributed by atoms with E-state index in [0.717, 1.165) is 88.1 Å². The topological polar surface area (TPSA) is 61.2 Å². The number of nitrogens with zero attached hydrogens (tertiary/aromatic N) is 5. The summed E-state index contributed by atoms with van der Waals surface area (Å²) in [7, 11) is 0. The van der Waals surface area contributed by atoms with Gasteiger partial charge >= 0.3 is 0 Å². The minimum atomic E-state index is 0.623. The highest BCUT2D eigenvalue weighted by Crippen LogP contribution is 2.45. The monoisotopic (exact) mass is 651 g/mol. The van der Waals surface area contributed by atoms with Gasteiger partial charge in [-0.05, 0) is 66.7 Å². The first-order valence-corrected chi connectivity index (χ1v) is 17.1. The van der Waals surface area contributed by atoms with Gasteiger partial charge in [-0.1, -0.05) is 84.9 Å². The summed E-state index contributed by atoms with van der Waals surface area (Å²) in [4.78, 5) is 15.6. The van der Waals surface area contributed by atoms with E-state index in [1.165, 1.54) is 10.8 Å². The molecule has 0 N–H and O–H groups in total. The van der Waals surface area contributed by atoms with Crippen LogP contribution < -0.4 is 0 Å². The van der Waals surface area contributed by atoms with Crippen molar-refractivity contribution in [3.63, 3.8) is 0 Å². The zero-order valence-corrected chi connectivity index (χ0v) is 27.1. The maximum Gasteiger partial charge on any atom is 0.227 e. The summed E-state index contributed by atoms with van der Waals surface area (Å²) in [5.74, 6) is 2.17. The Kier molecular flexibility index (Phi) is 5.14. The van der Waals surface area contributed by atoms with Crippen molar-refractivity contribution >= 4 is 81.9 Å². The molecule has 0 spiro atoms. The lowest BCUT2D eigenvalue weighted by atomic mass is 10.0. The maximum atomic E-state index is 6.57. The van der Waals surface area contributed by atoms with Crippen molar-refractivity contribution in [1.82, 2.24) is 23.9 Å². The van der Waals surface area contributed by atoms with Crippen LogP contribution in [-0.2, 0) is 0 Å². The van der Waals surface area contributed by atoms with E-state index in [2.05, 4.69) is 124 Å². The highest BCUT2D eigenvalue weighted by Gasteiger charge is 2.24. The van der Waals surface area contributed by atoms with Gasteiger partial charge in [-0.25, -0.2) is 15.0 Å². The van der Waals surface area contributed by atoms with Crippen molar-refractivity contribution in [1.29, 1.82) is 0 Å². The van der Waals surface area contributed by atoms with Gasteiger partial charge in [-0.2, -0.15) is 0 Å². The average molecular weight is 652 g/mol. The molecule has 51 heavy (non-hydrogen) atoms. The Morgan fingerprint density at radius 1 is 0.431 bits per heavy atom. The van der Waals surface area contributed by atoms with Crippen LogP contribution in [0.1, 0.15) is 0 Å². The number of para-hydroxylation sites is 4. The molecule has 5 aromatic heterocycles. The summed E-state index contributed by atoms with van der Waals surface area (Å²) in [5.41, 5.74) is 10.1. The first kappa shape index (κ1) is 26.9. The molecule has 6 nitrogen and oxygen atoms in total. The summed E-state index contributed by atoms with van der Waals surface area (Å²) in [5, 5.41) is 7.89. The fraction of sp³-hybridized carbons (Fsp3) is 0. The van der Waals surface area contributed by atoms with Crippen LogP contribution in [0, 0.1) is 0 Å². The zero-order chi connectivity index (χ0) is 33.2. The third-order valence-electron chi connectivity index (χ3n) is 10.5. The molecule has 12 rings (SSSR count). The highest BCUT2D eigenvalue weighted by molar-refractivity contribution is 6.30. The van der Waals surface area contributed by atoms with Crippen LogP contribution in [0.25, 0.3) is 111 Å². The predicted octanol–water partition coefficient (Wildman–Crippen LogP) is 11.4. The molecular weight excluding hydrogens is 627 g/mol. The molecule has 7 aromatic carbocycles. The van der Waals surface area contributed by atoms with Crippen molar-refractivity contribution in [3.05, 3.63) is 152 Å². The van der Waals surface area contributed by atoms with E-state index in [1.54, 1.807) is 0 Å². The molecule has 0 aliphatic heterocycles. The first-order chi connectivity index (χ1) is 25.3. The number of benzene rings is 7. The third-order valence-corrected chi connectivity index (χ3v) is 10.5. The average Bonchev–Trinajstić information content (AvgIpc) is 3.94. The maximum absolute atomic E-state index is 6.57. The molecule has 0 aliphatic carbocycles. The molecule has 6 heteroatoms. The predicted molar refractivity (Wildman–Crippen MR) is 207 cm³/mol. The second kappa shape index (κ2) is 9.77. The smallest absolute Gasteiger partial charge is 0.227 e. The number of fused-ring (bicyclic) bond motifs is 12. The molecule has 0 bridgehead atoms. The zero-order valence-electron chi connectivity index (χ0n) is 27.1. The van der Waals surface area contributed by atoms with E-state index in [9.17, 15) is 0 Å². The molecule has 0 unspecified atom stereocenters. The minimum Gasteiger partial charge on any atom is -0.435 e. The van der Waals surface area contributed by atoms with Crippen LogP contribution in [0.3, 0.4) is 0 Å². The van der Waals surface area contributed by atoms with E-state index in [1.807, 2.05) is 36.4 Å². The molecule has 0 saturated heterocycles. The van der Waals surface area contributed by atoms with Crippen LogP contribution in [-0.4, -0.2) is 23.9 Å². The molecule has 236 valence electrons. The number of rotatable bonds is 3. The van der Waals surface area contributed by atoms with E-state index in [4.69, 9.17) is 19.4 Å². The number of oxazole rings is 1. The summed E-state index contributed by atoms with van der Waals surface area (Å²) in [6, 6.07) is 52.9. The SMILES string of the molecule is c1ccc(-c2nc3cc4c5cc(-c6nc(-n7c8ccccc8c8ccccc87)c7ccccc7n6)ccc5n5c6ccccc6c(c3o2)c45)cc1. The van der Waals surface area contributed by atoms with Crippen LogP contribution >= 0.6 is 0 Å². The van der Waals surface area contributed by atoms with E-state index in [0.29, 0.717) is 11.7 Å². The van der Waals surface area contributed by atoms with Crippen molar-refractivity contribution < 1.29 is 4.42 Å². The molecule has 0 radical (unpaired) electrons. The van der Waals surface area contributed by atoms with Crippen LogP contribution in [0.15, 0.2) is 156 Å². The van der Waals surface area contributed by atoms with Crippen LogP contribution in [0.4, 0.5) is 0 Å². The lowest BCUT2D eigenvalue weighted by Crippen LogP contribution is -2.02. The Labute approximate surface area is 289 Å². The van der Waals surface area contributed by atoms with Gasteiger partial charge in [-0.3, -0.25) is 4.57 Å².